The molecule has 28 heavy (non-hydrogen) atoms. The summed E-state index contributed by atoms with van der Waals surface area (Å²) in [5.41, 5.74) is 0.225. The zero-order valence-corrected chi connectivity index (χ0v) is 16.3. The zero-order valence-electron chi connectivity index (χ0n) is 16.3. The molecule has 0 radical (unpaired) electrons. The molecule has 0 aromatic heterocycles. The average molecular weight is 388 g/mol. The number of hydrogen-bond acceptors (Lipinski definition) is 3. The molecule has 4 nitrogen and oxygen atoms in total. The van der Waals surface area contributed by atoms with Crippen molar-refractivity contribution in [3.05, 3.63) is 71.3 Å². The highest BCUT2D eigenvalue weighted by atomic mass is 19.1. The molecule has 1 amide bonds. The highest BCUT2D eigenvalue weighted by Gasteiger charge is 2.43. The molecule has 1 heterocycles. The van der Waals surface area contributed by atoms with E-state index in [1.54, 1.807) is 24.3 Å². The lowest BCUT2D eigenvalue weighted by Gasteiger charge is -2.37. The number of carbonyl (C=O) groups is 1. The Morgan fingerprint density at radius 2 is 1.86 bits per heavy atom. The molecule has 1 aliphatic rings. The first-order valence-electron chi connectivity index (χ1n) is 9.47. The first-order valence-corrected chi connectivity index (χ1v) is 9.47. The first kappa shape index (κ1) is 20.4. The highest BCUT2D eigenvalue weighted by molar-refractivity contribution is 5.88. The molecule has 1 saturated heterocycles. The van der Waals surface area contributed by atoms with Crippen molar-refractivity contribution >= 4 is 5.91 Å². The van der Waals surface area contributed by atoms with Crippen molar-refractivity contribution < 1.29 is 18.3 Å². The van der Waals surface area contributed by atoms with Crippen LogP contribution in [0.5, 0.6) is 0 Å². The summed E-state index contributed by atoms with van der Waals surface area (Å²) >= 11 is 0. The summed E-state index contributed by atoms with van der Waals surface area (Å²) < 4.78 is 33.6. The summed E-state index contributed by atoms with van der Waals surface area (Å²) in [5.74, 6) is -0.916. The molecule has 0 saturated carbocycles. The second kappa shape index (κ2) is 8.80. The van der Waals surface area contributed by atoms with E-state index in [-0.39, 0.29) is 23.6 Å². The minimum absolute atomic E-state index is 0.197. The van der Waals surface area contributed by atoms with Gasteiger partial charge in [0.15, 0.2) is 0 Å². The minimum atomic E-state index is -0.956. The predicted octanol–water partition coefficient (Wildman–Crippen LogP) is 3.43. The first-order chi connectivity index (χ1) is 13.4. The van der Waals surface area contributed by atoms with E-state index >= 15 is 0 Å². The van der Waals surface area contributed by atoms with Crippen LogP contribution in [0.4, 0.5) is 8.78 Å². The van der Waals surface area contributed by atoms with E-state index in [0.717, 1.165) is 5.56 Å². The number of hydrogen-bond donors (Lipinski definition) is 1. The Morgan fingerprint density at radius 1 is 1.14 bits per heavy atom. The van der Waals surface area contributed by atoms with Crippen LogP contribution in [0, 0.1) is 11.6 Å². The fourth-order valence-corrected chi connectivity index (χ4v) is 3.86. The number of nitrogens with zero attached hydrogens (tertiary/aromatic N) is 1. The summed E-state index contributed by atoms with van der Waals surface area (Å²) in [6, 6.07) is 12.6. The molecule has 6 heteroatoms. The minimum Gasteiger partial charge on any atom is -0.381 e. The van der Waals surface area contributed by atoms with Gasteiger partial charge in [-0.2, -0.15) is 0 Å². The van der Waals surface area contributed by atoms with Crippen LogP contribution >= 0.6 is 0 Å². The van der Waals surface area contributed by atoms with Crippen molar-refractivity contribution in [1.29, 1.82) is 0 Å². The standard InChI is InChI=1S/C22H26F2N2O2/c1-26(2)20(16-6-5-7-17(23)14-16)15-25-21(27)22(10-12-28-13-11-22)18-8-3-4-9-19(18)24/h3-9,14,20H,10-13,15H2,1-2H3,(H,25,27). The van der Waals surface area contributed by atoms with Gasteiger partial charge in [-0.1, -0.05) is 30.3 Å². The van der Waals surface area contributed by atoms with Crippen LogP contribution < -0.4 is 5.32 Å². The molecule has 0 aliphatic carbocycles. The Balaban J connectivity index is 1.83. The van der Waals surface area contributed by atoms with E-state index < -0.39 is 5.41 Å². The predicted molar refractivity (Wildman–Crippen MR) is 104 cm³/mol. The van der Waals surface area contributed by atoms with Gasteiger partial charge < -0.3 is 15.0 Å². The topological polar surface area (TPSA) is 41.6 Å². The van der Waals surface area contributed by atoms with Crippen molar-refractivity contribution in [3.63, 3.8) is 0 Å². The number of likely N-dealkylation sites (N-methyl/N-ethyl adjacent to an activating group) is 1. The maximum Gasteiger partial charge on any atom is 0.231 e. The van der Waals surface area contributed by atoms with Gasteiger partial charge in [0.1, 0.15) is 11.6 Å². The van der Waals surface area contributed by atoms with Gasteiger partial charge in [-0.25, -0.2) is 8.78 Å². The van der Waals surface area contributed by atoms with E-state index in [0.29, 0.717) is 38.2 Å². The Labute approximate surface area is 164 Å². The monoisotopic (exact) mass is 388 g/mol. The van der Waals surface area contributed by atoms with Crippen LogP contribution in [0.3, 0.4) is 0 Å². The average Bonchev–Trinajstić information content (AvgIpc) is 2.68. The van der Waals surface area contributed by atoms with E-state index in [4.69, 9.17) is 4.74 Å². The summed E-state index contributed by atoms with van der Waals surface area (Å²) in [6.07, 6.45) is 0.846. The lowest BCUT2D eigenvalue weighted by molar-refractivity contribution is -0.130. The summed E-state index contributed by atoms with van der Waals surface area (Å²) in [7, 11) is 3.76. The maximum atomic E-state index is 14.5. The summed E-state index contributed by atoms with van der Waals surface area (Å²) in [4.78, 5) is 15.2. The smallest absolute Gasteiger partial charge is 0.231 e. The normalized spacial score (nSPS) is 17.3. The molecular weight excluding hydrogens is 362 g/mol. The molecule has 1 fully saturated rings. The molecule has 150 valence electrons. The Hall–Kier alpha value is -2.31. The fraction of sp³-hybridized carbons (Fsp3) is 0.409. The van der Waals surface area contributed by atoms with Gasteiger partial charge in [-0.3, -0.25) is 4.79 Å². The third-order valence-corrected chi connectivity index (χ3v) is 5.48. The highest BCUT2D eigenvalue weighted by Crippen LogP contribution is 2.36. The number of ether oxygens (including phenoxy) is 1. The largest absolute Gasteiger partial charge is 0.381 e. The number of rotatable bonds is 6. The van der Waals surface area contributed by atoms with Crippen LogP contribution in [-0.2, 0) is 14.9 Å². The van der Waals surface area contributed by atoms with E-state index in [2.05, 4.69) is 5.32 Å². The van der Waals surface area contributed by atoms with E-state index in [9.17, 15) is 13.6 Å². The number of amides is 1. The van der Waals surface area contributed by atoms with Crippen LogP contribution in [0.15, 0.2) is 48.5 Å². The molecule has 1 atom stereocenters. The second-order valence-electron chi connectivity index (χ2n) is 7.42. The van der Waals surface area contributed by atoms with E-state index in [1.165, 1.54) is 18.2 Å². The Kier molecular flexibility index (Phi) is 6.42. The van der Waals surface area contributed by atoms with Crippen molar-refractivity contribution in [2.24, 2.45) is 0 Å². The molecule has 1 aliphatic heterocycles. The second-order valence-corrected chi connectivity index (χ2v) is 7.42. The van der Waals surface area contributed by atoms with Crippen LogP contribution in [0.1, 0.15) is 30.0 Å². The van der Waals surface area contributed by atoms with Crippen molar-refractivity contribution in [1.82, 2.24) is 10.2 Å². The van der Waals surface area contributed by atoms with Gasteiger partial charge in [-0.05, 0) is 50.7 Å². The van der Waals surface area contributed by atoms with Crippen molar-refractivity contribution in [2.75, 3.05) is 33.9 Å². The maximum absolute atomic E-state index is 14.5. The third-order valence-electron chi connectivity index (χ3n) is 5.48. The van der Waals surface area contributed by atoms with Gasteiger partial charge >= 0.3 is 0 Å². The summed E-state index contributed by atoms with van der Waals surface area (Å²) in [5, 5.41) is 2.99. The molecule has 0 bridgehead atoms. The molecule has 1 unspecified atom stereocenters. The number of nitrogens with one attached hydrogen (secondary N) is 1. The number of carbonyl (C=O) groups excluding carboxylic acids is 1. The van der Waals surface area contributed by atoms with Gasteiger partial charge in [-0.15, -0.1) is 0 Å². The zero-order chi connectivity index (χ0) is 20.1. The quantitative estimate of drug-likeness (QED) is 0.824. The molecular formula is C22H26F2N2O2. The lowest BCUT2D eigenvalue weighted by atomic mass is 9.73. The molecule has 0 spiro atoms. The van der Waals surface area contributed by atoms with Gasteiger partial charge in [0.25, 0.3) is 0 Å². The SMILES string of the molecule is CN(C)C(CNC(=O)C1(c2ccccc2F)CCOCC1)c1cccc(F)c1. The van der Waals surface area contributed by atoms with Crippen molar-refractivity contribution in [2.45, 2.75) is 24.3 Å². The molecule has 1 N–H and O–H groups in total. The Morgan fingerprint density at radius 3 is 2.50 bits per heavy atom. The fourth-order valence-electron chi connectivity index (χ4n) is 3.86. The molecule has 2 aromatic carbocycles. The molecule has 2 aromatic rings. The third kappa shape index (κ3) is 4.23. The van der Waals surface area contributed by atoms with Crippen LogP contribution in [0.2, 0.25) is 0 Å². The van der Waals surface area contributed by atoms with Crippen LogP contribution in [0.25, 0.3) is 0 Å². The lowest BCUT2D eigenvalue weighted by Crippen LogP contribution is -2.50. The van der Waals surface area contributed by atoms with E-state index in [1.807, 2.05) is 25.1 Å². The molecule has 3 rings (SSSR count). The van der Waals surface area contributed by atoms with Gasteiger partial charge in [0.2, 0.25) is 5.91 Å². The Bertz CT molecular complexity index is 820. The van der Waals surface area contributed by atoms with Gasteiger partial charge in [0.05, 0.1) is 11.5 Å². The number of benzene rings is 2. The summed E-state index contributed by atoms with van der Waals surface area (Å²) in [6.45, 7) is 1.11. The van der Waals surface area contributed by atoms with Crippen molar-refractivity contribution in [3.8, 4) is 0 Å². The number of halogens is 2. The van der Waals surface area contributed by atoms with Gasteiger partial charge in [0, 0.05) is 25.3 Å². The van der Waals surface area contributed by atoms with Crippen LogP contribution in [-0.4, -0.2) is 44.7 Å².